The lowest BCUT2D eigenvalue weighted by atomic mass is 9.98. The summed E-state index contributed by atoms with van der Waals surface area (Å²) in [6.07, 6.45) is 4.04. The van der Waals surface area contributed by atoms with E-state index in [9.17, 15) is 0 Å². The standard InChI is InChI=1S/C17H23NS/c1-15(16-10-9-13-19-16)14-18(5)12-8-6-7-11-17(2,3)4/h6,8-10,13H,1,12,14H2,2-5H3/b8-6+. The zero-order valence-corrected chi connectivity index (χ0v) is 13.2. The molecule has 1 rings (SSSR count). The maximum absolute atomic E-state index is 4.13. The average Bonchev–Trinajstić information content (AvgIpc) is 2.80. The third kappa shape index (κ3) is 7.00. The Balaban J connectivity index is 2.35. The van der Waals surface area contributed by atoms with Crippen LogP contribution in [0.25, 0.3) is 5.57 Å². The fourth-order valence-electron chi connectivity index (χ4n) is 1.50. The normalized spacial score (nSPS) is 11.6. The molecular weight excluding hydrogens is 250 g/mol. The van der Waals surface area contributed by atoms with Gasteiger partial charge in [-0.05, 0) is 50.9 Å². The Labute approximate surface area is 121 Å². The molecule has 102 valence electrons. The van der Waals surface area contributed by atoms with Crippen LogP contribution in [0.15, 0.2) is 36.2 Å². The summed E-state index contributed by atoms with van der Waals surface area (Å²) in [6, 6.07) is 4.18. The van der Waals surface area contributed by atoms with Crippen LogP contribution in [0.1, 0.15) is 25.6 Å². The van der Waals surface area contributed by atoms with Crippen molar-refractivity contribution in [1.29, 1.82) is 0 Å². The second kappa shape index (κ2) is 7.33. The van der Waals surface area contributed by atoms with Crippen molar-refractivity contribution < 1.29 is 0 Å². The lowest BCUT2D eigenvalue weighted by Crippen LogP contribution is -2.20. The highest BCUT2D eigenvalue weighted by molar-refractivity contribution is 7.11. The van der Waals surface area contributed by atoms with Crippen LogP contribution in [-0.2, 0) is 0 Å². The van der Waals surface area contributed by atoms with Crippen LogP contribution in [0.3, 0.4) is 0 Å². The summed E-state index contributed by atoms with van der Waals surface area (Å²) in [5.74, 6) is 6.27. The quantitative estimate of drug-likeness (QED) is 0.723. The molecular formula is C17H23NS. The summed E-state index contributed by atoms with van der Waals surface area (Å²) in [4.78, 5) is 3.50. The first kappa shape index (κ1) is 15.8. The van der Waals surface area contributed by atoms with Crippen LogP contribution in [0, 0.1) is 17.3 Å². The van der Waals surface area contributed by atoms with E-state index in [1.54, 1.807) is 11.3 Å². The van der Waals surface area contributed by atoms with Crippen LogP contribution in [0.4, 0.5) is 0 Å². The Hall–Kier alpha value is -1.30. The lowest BCUT2D eigenvalue weighted by molar-refractivity contribution is 0.419. The predicted octanol–water partition coefficient (Wildman–Crippen LogP) is 4.30. The fourth-order valence-corrected chi connectivity index (χ4v) is 2.19. The van der Waals surface area contributed by atoms with Gasteiger partial charge >= 0.3 is 0 Å². The second-order valence-corrected chi connectivity index (χ2v) is 6.65. The lowest BCUT2D eigenvalue weighted by Gasteiger charge is -2.15. The molecule has 1 aromatic heterocycles. The molecule has 0 radical (unpaired) electrons. The highest BCUT2D eigenvalue weighted by atomic mass is 32.1. The summed E-state index contributed by atoms with van der Waals surface area (Å²) in [7, 11) is 2.10. The molecule has 0 saturated carbocycles. The van der Waals surface area contributed by atoms with E-state index in [-0.39, 0.29) is 5.41 Å². The molecule has 0 N–H and O–H groups in total. The van der Waals surface area contributed by atoms with Gasteiger partial charge in [0.05, 0.1) is 0 Å². The number of allylic oxidation sites excluding steroid dienone is 1. The summed E-state index contributed by atoms with van der Waals surface area (Å²) in [6.45, 7) is 12.3. The molecule has 0 unspecified atom stereocenters. The van der Waals surface area contributed by atoms with Crippen molar-refractivity contribution in [2.45, 2.75) is 20.8 Å². The van der Waals surface area contributed by atoms with Crippen LogP contribution >= 0.6 is 11.3 Å². The topological polar surface area (TPSA) is 3.24 Å². The van der Waals surface area contributed by atoms with E-state index in [1.165, 1.54) is 10.5 Å². The Kier molecular flexibility index (Phi) is 6.08. The first-order chi connectivity index (χ1) is 8.88. The zero-order valence-electron chi connectivity index (χ0n) is 12.4. The second-order valence-electron chi connectivity index (χ2n) is 5.70. The van der Waals surface area contributed by atoms with Crippen molar-refractivity contribution in [3.63, 3.8) is 0 Å². The van der Waals surface area contributed by atoms with Gasteiger partial charge in [0, 0.05) is 23.4 Å². The molecule has 0 aliphatic carbocycles. The van der Waals surface area contributed by atoms with E-state index in [2.05, 4.69) is 74.7 Å². The average molecular weight is 273 g/mol. The van der Waals surface area contributed by atoms with Gasteiger partial charge in [-0.1, -0.05) is 30.6 Å². The van der Waals surface area contributed by atoms with Gasteiger partial charge in [0.1, 0.15) is 0 Å². The molecule has 1 nitrogen and oxygen atoms in total. The van der Waals surface area contributed by atoms with Crippen LogP contribution in [0.5, 0.6) is 0 Å². The number of hydrogen-bond acceptors (Lipinski definition) is 2. The SMILES string of the molecule is C=C(CN(C)C/C=C/C#CC(C)(C)C)c1cccs1. The molecule has 0 aromatic carbocycles. The van der Waals surface area contributed by atoms with Gasteiger partial charge in [-0.3, -0.25) is 4.90 Å². The molecule has 2 heteroatoms. The molecule has 0 saturated heterocycles. The Bertz CT molecular complexity index is 478. The molecule has 0 aliphatic heterocycles. The monoisotopic (exact) mass is 273 g/mol. The van der Waals surface area contributed by atoms with Gasteiger partial charge in [0.15, 0.2) is 0 Å². The van der Waals surface area contributed by atoms with Crippen molar-refractivity contribution in [2.75, 3.05) is 20.1 Å². The molecule has 0 fully saturated rings. The first-order valence-corrected chi connectivity index (χ1v) is 7.34. The predicted molar refractivity (Wildman–Crippen MR) is 87.2 cm³/mol. The summed E-state index contributed by atoms with van der Waals surface area (Å²) < 4.78 is 0. The van der Waals surface area contributed by atoms with E-state index in [1.807, 2.05) is 6.08 Å². The minimum Gasteiger partial charge on any atom is -0.298 e. The van der Waals surface area contributed by atoms with E-state index in [0.717, 1.165) is 13.1 Å². The summed E-state index contributed by atoms with van der Waals surface area (Å²) in [5, 5.41) is 2.09. The van der Waals surface area contributed by atoms with E-state index in [4.69, 9.17) is 0 Å². The minimum atomic E-state index is 0.0731. The van der Waals surface area contributed by atoms with Gasteiger partial charge in [0.25, 0.3) is 0 Å². The smallest absolute Gasteiger partial charge is 0.0309 e. The highest BCUT2D eigenvalue weighted by Gasteiger charge is 2.03. The van der Waals surface area contributed by atoms with E-state index >= 15 is 0 Å². The summed E-state index contributed by atoms with van der Waals surface area (Å²) in [5.41, 5.74) is 1.25. The number of likely N-dealkylation sites (N-methyl/N-ethyl adjacent to an activating group) is 1. The summed E-state index contributed by atoms with van der Waals surface area (Å²) >= 11 is 1.74. The molecule has 0 atom stereocenters. The van der Waals surface area contributed by atoms with Gasteiger partial charge < -0.3 is 0 Å². The molecule has 1 heterocycles. The van der Waals surface area contributed by atoms with E-state index in [0.29, 0.717) is 0 Å². The molecule has 0 amide bonds. The number of rotatable bonds is 5. The van der Waals surface area contributed by atoms with Gasteiger partial charge in [-0.25, -0.2) is 0 Å². The van der Waals surface area contributed by atoms with Gasteiger partial charge in [-0.15, -0.1) is 11.3 Å². The maximum Gasteiger partial charge on any atom is 0.0309 e. The Morgan fingerprint density at radius 1 is 1.47 bits per heavy atom. The van der Waals surface area contributed by atoms with Crippen molar-refractivity contribution in [3.05, 3.63) is 41.1 Å². The molecule has 0 aliphatic rings. The number of hydrogen-bond donors (Lipinski definition) is 0. The van der Waals surface area contributed by atoms with E-state index < -0.39 is 0 Å². The molecule has 19 heavy (non-hydrogen) atoms. The van der Waals surface area contributed by atoms with Gasteiger partial charge in [0.2, 0.25) is 0 Å². The Morgan fingerprint density at radius 2 is 2.21 bits per heavy atom. The number of thiophene rings is 1. The van der Waals surface area contributed by atoms with Crippen molar-refractivity contribution in [3.8, 4) is 11.8 Å². The maximum atomic E-state index is 4.13. The van der Waals surface area contributed by atoms with Crippen LogP contribution < -0.4 is 0 Å². The Morgan fingerprint density at radius 3 is 2.79 bits per heavy atom. The third-order valence-electron chi connectivity index (χ3n) is 2.40. The van der Waals surface area contributed by atoms with Crippen molar-refractivity contribution >= 4 is 16.9 Å². The minimum absolute atomic E-state index is 0.0731. The first-order valence-electron chi connectivity index (χ1n) is 6.46. The molecule has 0 bridgehead atoms. The third-order valence-corrected chi connectivity index (χ3v) is 3.37. The van der Waals surface area contributed by atoms with Gasteiger partial charge in [-0.2, -0.15) is 0 Å². The zero-order chi connectivity index (χ0) is 14.3. The highest BCUT2D eigenvalue weighted by Crippen LogP contribution is 2.18. The van der Waals surface area contributed by atoms with Crippen LogP contribution in [0.2, 0.25) is 0 Å². The van der Waals surface area contributed by atoms with Crippen molar-refractivity contribution in [1.82, 2.24) is 4.90 Å². The largest absolute Gasteiger partial charge is 0.298 e. The number of nitrogens with zero attached hydrogens (tertiary/aromatic N) is 1. The van der Waals surface area contributed by atoms with Crippen LogP contribution in [-0.4, -0.2) is 25.0 Å². The molecule has 1 aromatic rings. The van der Waals surface area contributed by atoms with Crippen molar-refractivity contribution in [2.24, 2.45) is 5.41 Å². The fraction of sp³-hybridized carbons (Fsp3) is 0.412. The molecule has 0 spiro atoms.